The monoisotopic (exact) mass is 342 g/mol. The van der Waals surface area contributed by atoms with Crippen molar-refractivity contribution in [3.8, 4) is 5.75 Å². The number of hydrogen-bond acceptors (Lipinski definition) is 3. The molecule has 130 valence electrons. The molecule has 0 saturated carbocycles. The van der Waals surface area contributed by atoms with E-state index in [4.69, 9.17) is 4.74 Å². The Morgan fingerprint density at radius 1 is 1.24 bits per heavy atom. The smallest absolute Gasteiger partial charge is 0.227 e. The second-order valence-electron chi connectivity index (χ2n) is 5.92. The molecule has 0 unspecified atom stereocenters. The summed E-state index contributed by atoms with van der Waals surface area (Å²) in [6.07, 6.45) is 0.0861. The fourth-order valence-electron chi connectivity index (χ4n) is 2.86. The first-order valence-electron chi connectivity index (χ1n) is 8.04. The van der Waals surface area contributed by atoms with Gasteiger partial charge in [-0.3, -0.25) is 9.59 Å². The van der Waals surface area contributed by atoms with Crippen LogP contribution in [0.5, 0.6) is 5.75 Å². The number of nitrogens with one attached hydrogen (secondary N) is 1. The molecule has 1 aliphatic heterocycles. The maximum absolute atomic E-state index is 13.9. The van der Waals surface area contributed by atoms with Crippen molar-refractivity contribution in [1.82, 2.24) is 5.32 Å². The van der Waals surface area contributed by atoms with E-state index in [9.17, 15) is 14.0 Å². The zero-order chi connectivity index (χ0) is 17.8. The molecule has 0 radical (unpaired) electrons. The highest BCUT2D eigenvalue weighted by Crippen LogP contribution is 2.27. The van der Waals surface area contributed by atoms with Crippen molar-refractivity contribution in [1.29, 1.82) is 0 Å². The van der Waals surface area contributed by atoms with E-state index in [1.807, 2.05) is 24.3 Å². The Morgan fingerprint density at radius 3 is 2.64 bits per heavy atom. The van der Waals surface area contributed by atoms with Crippen molar-refractivity contribution in [2.24, 2.45) is 5.92 Å². The fraction of sp³-hybridized carbons (Fsp3) is 0.263. The molecule has 1 saturated heterocycles. The van der Waals surface area contributed by atoms with E-state index in [0.717, 1.165) is 11.3 Å². The van der Waals surface area contributed by atoms with Gasteiger partial charge in [0, 0.05) is 19.5 Å². The minimum absolute atomic E-state index is 0.0861. The fourth-order valence-corrected chi connectivity index (χ4v) is 2.86. The third-order valence-electron chi connectivity index (χ3n) is 4.26. The summed E-state index contributed by atoms with van der Waals surface area (Å²) in [5.74, 6) is -0.643. The summed E-state index contributed by atoms with van der Waals surface area (Å²) in [6, 6.07) is 13.5. The molecule has 2 aromatic rings. The SMILES string of the molecule is COc1ccc(CNC(=O)[C@H]2CC(=O)N(c3ccccc3F)C2)cc1. The molecule has 2 amide bonds. The van der Waals surface area contributed by atoms with Crippen LogP contribution in [0, 0.1) is 11.7 Å². The largest absolute Gasteiger partial charge is 0.497 e. The van der Waals surface area contributed by atoms with Crippen molar-refractivity contribution in [2.45, 2.75) is 13.0 Å². The van der Waals surface area contributed by atoms with Gasteiger partial charge in [-0.05, 0) is 29.8 Å². The van der Waals surface area contributed by atoms with Crippen LogP contribution in [-0.4, -0.2) is 25.5 Å². The van der Waals surface area contributed by atoms with Crippen LogP contribution in [-0.2, 0) is 16.1 Å². The molecule has 2 aromatic carbocycles. The Bertz CT molecular complexity index is 776. The predicted molar refractivity (Wildman–Crippen MR) is 91.7 cm³/mol. The van der Waals surface area contributed by atoms with Crippen LogP contribution >= 0.6 is 0 Å². The van der Waals surface area contributed by atoms with E-state index in [0.29, 0.717) is 6.54 Å². The van der Waals surface area contributed by atoms with Gasteiger partial charge in [0.25, 0.3) is 0 Å². The van der Waals surface area contributed by atoms with Crippen molar-refractivity contribution >= 4 is 17.5 Å². The number of amides is 2. The molecule has 1 heterocycles. The lowest BCUT2D eigenvalue weighted by atomic mass is 10.1. The van der Waals surface area contributed by atoms with Crippen molar-refractivity contribution in [3.63, 3.8) is 0 Å². The molecule has 1 aliphatic rings. The Labute approximate surface area is 145 Å². The second kappa shape index (κ2) is 7.34. The Morgan fingerprint density at radius 2 is 1.96 bits per heavy atom. The van der Waals surface area contributed by atoms with Crippen LogP contribution in [0.25, 0.3) is 0 Å². The standard InChI is InChI=1S/C19H19FN2O3/c1-25-15-8-6-13(7-9-15)11-21-19(24)14-10-18(23)22(12-14)17-5-3-2-4-16(17)20/h2-9,14H,10-12H2,1H3,(H,21,24)/t14-/m0/s1. The van der Waals surface area contributed by atoms with Gasteiger partial charge in [0.05, 0.1) is 18.7 Å². The van der Waals surface area contributed by atoms with E-state index in [1.165, 1.54) is 11.0 Å². The van der Waals surface area contributed by atoms with Crippen LogP contribution in [0.4, 0.5) is 10.1 Å². The van der Waals surface area contributed by atoms with E-state index in [2.05, 4.69) is 5.32 Å². The molecule has 0 aromatic heterocycles. The van der Waals surface area contributed by atoms with Gasteiger partial charge in [0.15, 0.2) is 0 Å². The number of carbonyl (C=O) groups is 2. The topological polar surface area (TPSA) is 58.6 Å². The number of nitrogens with zero attached hydrogens (tertiary/aromatic N) is 1. The zero-order valence-electron chi connectivity index (χ0n) is 13.9. The van der Waals surface area contributed by atoms with E-state index in [-0.39, 0.29) is 30.5 Å². The van der Waals surface area contributed by atoms with Gasteiger partial charge < -0.3 is 15.0 Å². The molecule has 3 rings (SSSR count). The maximum atomic E-state index is 13.9. The molecule has 1 atom stereocenters. The lowest BCUT2D eigenvalue weighted by Gasteiger charge is -2.17. The number of carbonyl (C=O) groups excluding carboxylic acids is 2. The van der Waals surface area contributed by atoms with Crippen LogP contribution < -0.4 is 15.0 Å². The third kappa shape index (κ3) is 3.79. The summed E-state index contributed by atoms with van der Waals surface area (Å²) >= 11 is 0. The molecule has 1 N–H and O–H groups in total. The van der Waals surface area contributed by atoms with Gasteiger partial charge >= 0.3 is 0 Å². The van der Waals surface area contributed by atoms with Crippen molar-refractivity contribution in [3.05, 3.63) is 59.9 Å². The van der Waals surface area contributed by atoms with Gasteiger partial charge in [-0.2, -0.15) is 0 Å². The van der Waals surface area contributed by atoms with Gasteiger partial charge in [0.2, 0.25) is 11.8 Å². The van der Waals surface area contributed by atoms with Crippen LogP contribution in [0.2, 0.25) is 0 Å². The summed E-state index contributed by atoms with van der Waals surface area (Å²) < 4.78 is 19.0. The number of para-hydroxylation sites is 1. The molecular weight excluding hydrogens is 323 g/mol. The summed E-state index contributed by atoms with van der Waals surface area (Å²) in [5, 5.41) is 2.83. The van der Waals surface area contributed by atoms with E-state index >= 15 is 0 Å². The van der Waals surface area contributed by atoms with E-state index in [1.54, 1.807) is 25.3 Å². The van der Waals surface area contributed by atoms with Crippen molar-refractivity contribution < 1.29 is 18.7 Å². The van der Waals surface area contributed by atoms with Gasteiger partial charge in [-0.25, -0.2) is 4.39 Å². The maximum Gasteiger partial charge on any atom is 0.227 e. The summed E-state index contributed by atoms with van der Waals surface area (Å²) in [5.41, 5.74) is 1.15. The number of hydrogen-bond donors (Lipinski definition) is 1. The van der Waals surface area contributed by atoms with Gasteiger partial charge in [-0.15, -0.1) is 0 Å². The van der Waals surface area contributed by atoms with Crippen LogP contribution in [0.3, 0.4) is 0 Å². The molecule has 0 aliphatic carbocycles. The first kappa shape index (κ1) is 17.0. The third-order valence-corrected chi connectivity index (χ3v) is 4.26. The molecule has 25 heavy (non-hydrogen) atoms. The Balaban J connectivity index is 1.60. The quantitative estimate of drug-likeness (QED) is 0.908. The Hall–Kier alpha value is -2.89. The molecule has 1 fully saturated rings. The normalized spacial score (nSPS) is 16.8. The van der Waals surface area contributed by atoms with Gasteiger partial charge in [-0.1, -0.05) is 24.3 Å². The first-order chi connectivity index (χ1) is 12.1. The van der Waals surface area contributed by atoms with E-state index < -0.39 is 11.7 Å². The summed E-state index contributed by atoms with van der Waals surface area (Å²) in [4.78, 5) is 25.8. The minimum Gasteiger partial charge on any atom is -0.497 e. The number of anilines is 1. The minimum atomic E-state index is -0.481. The predicted octanol–water partition coefficient (Wildman–Crippen LogP) is 2.50. The number of rotatable bonds is 5. The molecule has 0 bridgehead atoms. The number of ether oxygens (including phenoxy) is 1. The van der Waals surface area contributed by atoms with Crippen molar-refractivity contribution in [2.75, 3.05) is 18.6 Å². The zero-order valence-corrected chi connectivity index (χ0v) is 13.9. The molecule has 6 heteroatoms. The second-order valence-corrected chi connectivity index (χ2v) is 5.92. The molecule has 5 nitrogen and oxygen atoms in total. The van der Waals surface area contributed by atoms with Crippen LogP contribution in [0.15, 0.2) is 48.5 Å². The number of methoxy groups -OCH3 is 1. The highest BCUT2D eigenvalue weighted by Gasteiger charge is 2.35. The average Bonchev–Trinajstić information content (AvgIpc) is 3.02. The molecule has 0 spiro atoms. The molecular formula is C19H19FN2O3. The highest BCUT2D eigenvalue weighted by molar-refractivity contribution is 6.00. The number of benzene rings is 2. The van der Waals surface area contributed by atoms with Crippen LogP contribution in [0.1, 0.15) is 12.0 Å². The summed E-state index contributed by atoms with van der Waals surface area (Å²) in [6.45, 7) is 0.557. The summed E-state index contributed by atoms with van der Waals surface area (Å²) in [7, 11) is 1.59. The number of halogens is 1. The lowest BCUT2D eigenvalue weighted by Crippen LogP contribution is -2.32. The average molecular weight is 342 g/mol. The Kier molecular flexibility index (Phi) is 4.97. The highest BCUT2D eigenvalue weighted by atomic mass is 19.1. The first-order valence-corrected chi connectivity index (χ1v) is 8.04. The lowest BCUT2D eigenvalue weighted by molar-refractivity contribution is -0.126. The van der Waals surface area contributed by atoms with Gasteiger partial charge in [0.1, 0.15) is 11.6 Å².